The molecule has 0 bridgehead atoms. The quantitative estimate of drug-likeness (QED) is 0.836. The van der Waals surface area contributed by atoms with Crippen molar-refractivity contribution in [2.45, 2.75) is 5.33 Å². The average Bonchev–Trinajstić information content (AvgIpc) is 2.04. The van der Waals surface area contributed by atoms with E-state index in [2.05, 4.69) is 31.9 Å². The smallest absolute Gasteiger partial charge is 0.248 e. The van der Waals surface area contributed by atoms with E-state index >= 15 is 0 Å². The zero-order valence-electron chi connectivity index (χ0n) is 6.18. The summed E-state index contributed by atoms with van der Waals surface area (Å²) >= 11 is 6.66. The fourth-order valence-electron chi connectivity index (χ4n) is 0.809. The van der Waals surface area contributed by atoms with Gasteiger partial charge in [-0.15, -0.1) is 0 Å². The molecule has 64 valence electrons. The highest BCUT2D eigenvalue weighted by Gasteiger charge is 2.03. The lowest BCUT2D eigenvalue weighted by molar-refractivity contribution is 0.100. The Morgan fingerprint density at radius 3 is 2.58 bits per heavy atom. The lowest BCUT2D eigenvalue weighted by Crippen LogP contribution is -2.10. The van der Waals surface area contributed by atoms with E-state index in [1.807, 2.05) is 6.07 Å². The van der Waals surface area contributed by atoms with Crippen LogP contribution in [0.15, 0.2) is 22.7 Å². The number of carbonyl (C=O) groups is 1. The molecule has 0 saturated carbocycles. The fourth-order valence-corrected chi connectivity index (χ4v) is 2.19. The number of halogens is 2. The first-order chi connectivity index (χ1) is 5.65. The van der Waals surface area contributed by atoms with Crippen LogP contribution in [-0.2, 0) is 5.33 Å². The Balaban J connectivity index is 3.10. The van der Waals surface area contributed by atoms with Crippen LogP contribution < -0.4 is 5.73 Å². The summed E-state index contributed by atoms with van der Waals surface area (Å²) in [5, 5.41) is 0.757. The van der Waals surface area contributed by atoms with Crippen molar-refractivity contribution in [3.8, 4) is 0 Å². The van der Waals surface area contributed by atoms with Crippen LogP contribution in [0.2, 0.25) is 0 Å². The molecule has 0 aliphatic rings. The first-order valence-corrected chi connectivity index (χ1v) is 5.21. The maximum absolute atomic E-state index is 10.7. The highest BCUT2D eigenvalue weighted by atomic mass is 79.9. The third kappa shape index (κ3) is 2.08. The molecule has 0 radical (unpaired) electrons. The second-order valence-corrected chi connectivity index (χ2v) is 3.72. The minimum atomic E-state index is -0.406. The van der Waals surface area contributed by atoms with Gasteiger partial charge in [0.2, 0.25) is 5.91 Å². The number of nitrogens with two attached hydrogens (primary N) is 1. The zero-order valence-corrected chi connectivity index (χ0v) is 9.35. The summed E-state index contributed by atoms with van der Waals surface area (Å²) in [6.45, 7) is 0. The molecule has 2 N–H and O–H groups in total. The van der Waals surface area contributed by atoms with Crippen molar-refractivity contribution >= 4 is 37.8 Å². The molecule has 0 unspecified atom stereocenters. The summed E-state index contributed by atoms with van der Waals surface area (Å²) in [7, 11) is 0. The first-order valence-electron chi connectivity index (χ1n) is 3.29. The summed E-state index contributed by atoms with van der Waals surface area (Å²) in [6.07, 6.45) is 0. The molecule has 1 aromatic rings. The molecule has 2 nitrogen and oxygen atoms in total. The molecule has 1 rings (SSSR count). The number of primary amides is 1. The molecule has 0 spiro atoms. The van der Waals surface area contributed by atoms with Crippen LogP contribution in [-0.4, -0.2) is 5.91 Å². The molecule has 0 saturated heterocycles. The van der Waals surface area contributed by atoms with Gasteiger partial charge < -0.3 is 5.73 Å². The van der Waals surface area contributed by atoms with Crippen molar-refractivity contribution in [2.24, 2.45) is 5.73 Å². The topological polar surface area (TPSA) is 43.1 Å². The van der Waals surface area contributed by atoms with Gasteiger partial charge in [-0.3, -0.25) is 4.79 Å². The number of hydrogen-bond acceptors (Lipinski definition) is 1. The third-order valence-electron chi connectivity index (χ3n) is 1.48. The Morgan fingerprint density at radius 1 is 1.50 bits per heavy atom. The Hall–Kier alpha value is -0.350. The summed E-state index contributed by atoms with van der Waals surface area (Å²) in [5.41, 5.74) is 6.72. The SMILES string of the molecule is NC(=O)c1ccc(CBr)c(Br)c1. The fraction of sp³-hybridized carbons (Fsp3) is 0.125. The minimum Gasteiger partial charge on any atom is -0.366 e. The first kappa shape index (κ1) is 9.74. The number of amides is 1. The van der Waals surface area contributed by atoms with E-state index in [9.17, 15) is 4.79 Å². The molecule has 0 aliphatic heterocycles. The minimum absolute atomic E-state index is 0.406. The van der Waals surface area contributed by atoms with Gasteiger partial charge in [0.25, 0.3) is 0 Å². The van der Waals surface area contributed by atoms with Gasteiger partial charge in [0.15, 0.2) is 0 Å². The molecule has 0 heterocycles. The Labute approximate surface area is 87.4 Å². The summed E-state index contributed by atoms with van der Waals surface area (Å²) in [4.78, 5) is 10.7. The molecule has 4 heteroatoms. The molecule has 1 amide bonds. The van der Waals surface area contributed by atoms with E-state index in [-0.39, 0.29) is 0 Å². The van der Waals surface area contributed by atoms with Crippen molar-refractivity contribution < 1.29 is 4.79 Å². The van der Waals surface area contributed by atoms with Crippen LogP contribution in [0.1, 0.15) is 15.9 Å². The highest BCUT2D eigenvalue weighted by Crippen LogP contribution is 2.20. The van der Waals surface area contributed by atoms with Crippen LogP contribution in [0.25, 0.3) is 0 Å². The third-order valence-corrected chi connectivity index (χ3v) is 2.82. The van der Waals surface area contributed by atoms with Crippen molar-refractivity contribution in [2.75, 3.05) is 0 Å². The molecule has 1 aromatic carbocycles. The van der Waals surface area contributed by atoms with Crippen molar-refractivity contribution in [1.82, 2.24) is 0 Å². The second-order valence-electron chi connectivity index (χ2n) is 2.30. The number of rotatable bonds is 2. The van der Waals surface area contributed by atoms with Crippen LogP contribution in [0.3, 0.4) is 0 Å². The molecular weight excluding hydrogens is 286 g/mol. The molecule has 0 aliphatic carbocycles. The summed E-state index contributed by atoms with van der Waals surface area (Å²) in [6, 6.07) is 5.29. The van der Waals surface area contributed by atoms with E-state index in [1.54, 1.807) is 12.1 Å². The van der Waals surface area contributed by atoms with E-state index in [4.69, 9.17) is 5.73 Å². The predicted molar refractivity (Wildman–Crippen MR) is 55.3 cm³/mol. The molecule has 12 heavy (non-hydrogen) atoms. The van der Waals surface area contributed by atoms with Gasteiger partial charge in [0, 0.05) is 15.4 Å². The van der Waals surface area contributed by atoms with Crippen molar-refractivity contribution in [3.63, 3.8) is 0 Å². The van der Waals surface area contributed by atoms with Crippen LogP contribution >= 0.6 is 31.9 Å². The van der Waals surface area contributed by atoms with Crippen LogP contribution in [0.4, 0.5) is 0 Å². The maximum Gasteiger partial charge on any atom is 0.248 e. The van der Waals surface area contributed by atoms with Crippen LogP contribution in [0.5, 0.6) is 0 Å². The molecule has 0 aromatic heterocycles. The second kappa shape index (κ2) is 4.05. The summed E-state index contributed by atoms with van der Waals surface area (Å²) < 4.78 is 0.899. The van der Waals surface area contributed by atoms with Gasteiger partial charge in [-0.1, -0.05) is 37.9 Å². The largest absolute Gasteiger partial charge is 0.366 e. The van der Waals surface area contributed by atoms with Crippen molar-refractivity contribution in [3.05, 3.63) is 33.8 Å². The van der Waals surface area contributed by atoms with E-state index in [0.29, 0.717) is 5.56 Å². The number of hydrogen-bond donors (Lipinski definition) is 1. The zero-order chi connectivity index (χ0) is 9.14. The van der Waals surface area contributed by atoms with E-state index in [1.165, 1.54) is 0 Å². The molecular formula is C8H7Br2NO. The van der Waals surface area contributed by atoms with Gasteiger partial charge >= 0.3 is 0 Å². The average molecular weight is 293 g/mol. The van der Waals surface area contributed by atoms with Gasteiger partial charge in [-0.25, -0.2) is 0 Å². The van der Waals surface area contributed by atoms with Gasteiger partial charge in [-0.05, 0) is 17.7 Å². The van der Waals surface area contributed by atoms with Crippen molar-refractivity contribution in [1.29, 1.82) is 0 Å². The number of carbonyl (C=O) groups excluding carboxylic acids is 1. The van der Waals surface area contributed by atoms with Gasteiger partial charge in [0.05, 0.1) is 0 Å². The van der Waals surface area contributed by atoms with E-state index in [0.717, 1.165) is 15.4 Å². The highest BCUT2D eigenvalue weighted by molar-refractivity contribution is 9.10. The summed E-state index contributed by atoms with van der Waals surface area (Å²) in [5.74, 6) is -0.406. The Morgan fingerprint density at radius 2 is 2.17 bits per heavy atom. The number of alkyl halides is 1. The predicted octanol–water partition coefficient (Wildman–Crippen LogP) is 2.44. The monoisotopic (exact) mass is 291 g/mol. The lowest BCUT2D eigenvalue weighted by atomic mass is 10.1. The number of benzene rings is 1. The van der Waals surface area contributed by atoms with E-state index < -0.39 is 5.91 Å². The molecule has 0 atom stereocenters. The normalized spacial score (nSPS) is 9.83. The molecule has 0 fully saturated rings. The maximum atomic E-state index is 10.7. The Kier molecular flexibility index (Phi) is 3.29. The van der Waals surface area contributed by atoms with Gasteiger partial charge in [0.1, 0.15) is 0 Å². The standard InChI is InChI=1S/C8H7Br2NO/c9-4-6-2-1-5(8(11)12)3-7(6)10/h1-3H,4H2,(H2,11,12). The van der Waals surface area contributed by atoms with Crippen LogP contribution in [0, 0.1) is 0 Å². The lowest BCUT2D eigenvalue weighted by Gasteiger charge is -2.01. The van der Waals surface area contributed by atoms with Gasteiger partial charge in [-0.2, -0.15) is 0 Å². The Bertz CT molecular complexity index is 312.